The van der Waals surface area contributed by atoms with Gasteiger partial charge in [0.1, 0.15) is 5.65 Å². The summed E-state index contributed by atoms with van der Waals surface area (Å²) in [6.45, 7) is 4.79. The van der Waals surface area contributed by atoms with E-state index in [-0.39, 0.29) is 10.8 Å². The van der Waals surface area contributed by atoms with Gasteiger partial charge in [0.25, 0.3) is 6.43 Å². The molecule has 0 saturated carbocycles. The first-order valence-electron chi connectivity index (χ1n) is 11.0. The van der Waals surface area contributed by atoms with Crippen molar-refractivity contribution in [3.63, 3.8) is 0 Å². The van der Waals surface area contributed by atoms with Crippen LogP contribution in [0.4, 0.5) is 8.78 Å². The van der Waals surface area contributed by atoms with Crippen molar-refractivity contribution in [2.45, 2.75) is 59.0 Å². The lowest BCUT2D eigenvalue weighted by molar-refractivity contribution is -0.147. The molecular formula is C24H27F2N3O3S. The molecule has 0 atom stereocenters. The average Bonchev–Trinajstić information content (AvgIpc) is 3.37. The predicted octanol–water partition coefficient (Wildman–Crippen LogP) is 5.25. The van der Waals surface area contributed by atoms with Crippen LogP contribution in [0.1, 0.15) is 60.5 Å². The van der Waals surface area contributed by atoms with Gasteiger partial charge < -0.3 is 14.6 Å². The second-order valence-corrected chi connectivity index (χ2v) is 10.3. The summed E-state index contributed by atoms with van der Waals surface area (Å²) in [5.41, 5.74) is 2.08. The fraction of sp³-hybridized carbons (Fsp3) is 0.458. The normalized spacial score (nSPS) is 14.2. The predicted molar refractivity (Wildman–Crippen MR) is 122 cm³/mol. The van der Waals surface area contributed by atoms with Crippen molar-refractivity contribution >= 4 is 34.2 Å². The number of amides is 1. The minimum Gasteiger partial charge on any atom is -0.481 e. The first-order chi connectivity index (χ1) is 15.7. The number of aliphatic carboxylic acids is 1. The van der Waals surface area contributed by atoms with Crippen molar-refractivity contribution < 1.29 is 23.5 Å². The van der Waals surface area contributed by atoms with E-state index in [0.29, 0.717) is 45.3 Å². The number of carboxylic acids is 1. The third-order valence-corrected chi connectivity index (χ3v) is 7.43. The number of fused-ring (bicyclic) bond motifs is 3. The van der Waals surface area contributed by atoms with Gasteiger partial charge >= 0.3 is 5.97 Å². The molecule has 1 aliphatic heterocycles. The number of thiophene rings is 1. The minimum atomic E-state index is -2.49. The van der Waals surface area contributed by atoms with Crippen LogP contribution in [0.15, 0.2) is 30.5 Å². The number of aromatic nitrogens is 2. The Kier molecular flexibility index (Phi) is 6.52. The molecule has 0 bridgehead atoms. The van der Waals surface area contributed by atoms with Crippen LogP contribution < -0.4 is 0 Å². The maximum absolute atomic E-state index is 13.1. The van der Waals surface area contributed by atoms with Crippen molar-refractivity contribution in [1.82, 2.24) is 14.5 Å². The number of carbonyl (C=O) groups excluding carboxylic acids is 1. The lowest BCUT2D eigenvalue weighted by atomic mass is 9.87. The molecule has 3 aromatic rings. The SMILES string of the molecule is CC(C)(CCCC(=O)N1CCc2c(n(Cc3ccc(C(F)F)s3)c3ncccc23)C1)C(=O)O. The summed E-state index contributed by atoms with van der Waals surface area (Å²) >= 11 is 1.09. The Morgan fingerprint density at radius 2 is 2.06 bits per heavy atom. The monoisotopic (exact) mass is 475 g/mol. The van der Waals surface area contributed by atoms with Gasteiger partial charge in [0, 0.05) is 35.1 Å². The molecule has 1 amide bonds. The molecule has 176 valence electrons. The number of hydrogen-bond donors (Lipinski definition) is 1. The Balaban J connectivity index is 1.54. The van der Waals surface area contributed by atoms with E-state index in [1.165, 1.54) is 6.07 Å². The molecule has 0 spiro atoms. The molecule has 0 aromatic carbocycles. The van der Waals surface area contributed by atoms with Crippen molar-refractivity contribution in [3.8, 4) is 0 Å². The van der Waals surface area contributed by atoms with E-state index in [1.54, 1.807) is 26.1 Å². The molecular weight excluding hydrogens is 448 g/mol. The van der Waals surface area contributed by atoms with E-state index in [9.17, 15) is 23.5 Å². The number of rotatable bonds is 8. The van der Waals surface area contributed by atoms with E-state index in [4.69, 9.17) is 0 Å². The van der Waals surface area contributed by atoms with Crippen LogP contribution in [-0.4, -0.2) is 38.0 Å². The standard InChI is InChI=1S/C24H27F2N3O3S/c1-24(2,23(31)32)10-3-6-20(30)28-12-9-16-17-5-4-11-27-22(17)29(18(16)14-28)13-15-7-8-19(33-15)21(25)26/h4-5,7-8,11,21H,3,6,9-10,12-14H2,1-2H3,(H,31,32). The van der Waals surface area contributed by atoms with Crippen LogP contribution in [0.2, 0.25) is 0 Å². The quantitative estimate of drug-likeness (QED) is 0.483. The Morgan fingerprint density at radius 1 is 1.27 bits per heavy atom. The molecule has 0 fully saturated rings. The highest BCUT2D eigenvalue weighted by Crippen LogP contribution is 2.33. The fourth-order valence-corrected chi connectivity index (χ4v) is 5.20. The van der Waals surface area contributed by atoms with Crippen molar-refractivity contribution in [2.75, 3.05) is 6.54 Å². The van der Waals surface area contributed by atoms with E-state index >= 15 is 0 Å². The van der Waals surface area contributed by atoms with Gasteiger partial charge in [-0.25, -0.2) is 13.8 Å². The second-order valence-electron chi connectivity index (χ2n) is 9.10. The number of nitrogens with zero attached hydrogens (tertiary/aromatic N) is 3. The molecule has 0 saturated heterocycles. The van der Waals surface area contributed by atoms with Crippen LogP contribution in [0.25, 0.3) is 11.0 Å². The zero-order valence-corrected chi connectivity index (χ0v) is 19.5. The lowest BCUT2D eigenvalue weighted by Gasteiger charge is -2.29. The van der Waals surface area contributed by atoms with Gasteiger partial charge in [-0.1, -0.05) is 0 Å². The zero-order chi connectivity index (χ0) is 23.8. The number of hydrogen-bond acceptors (Lipinski definition) is 4. The van der Waals surface area contributed by atoms with Crippen LogP contribution in [0.3, 0.4) is 0 Å². The summed E-state index contributed by atoms with van der Waals surface area (Å²) in [6, 6.07) is 7.09. The van der Waals surface area contributed by atoms with Crippen LogP contribution >= 0.6 is 11.3 Å². The molecule has 0 unspecified atom stereocenters. The third-order valence-electron chi connectivity index (χ3n) is 6.35. The van der Waals surface area contributed by atoms with Crippen LogP contribution in [0.5, 0.6) is 0 Å². The summed E-state index contributed by atoms with van der Waals surface area (Å²) in [7, 11) is 0. The average molecular weight is 476 g/mol. The summed E-state index contributed by atoms with van der Waals surface area (Å²) < 4.78 is 28.2. The largest absolute Gasteiger partial charge is 0.481 e. The third kappa shape index (κ3) is 4.78. The summed E-state index contributed by atoms with van der Waals surface area (Å²) in [6.07, 6.45) is 1.17. The molecule has 1 N–H and O–H groups in total. The smallest absolute Gasteiger partial charge is 0.309 e. The first-order valence-corrected chi connectivity index (χ1v) is 11.8. The molecule has 4 heterocycles. The fourth-order valence-electron chi connectivity index (χ4n) is 4.34. The highest BCUT2D eigenvalue weighted by molar-refractivity contribution is 7.12. The number of alkyl halides is 2. The molecule has 0 radical (unpaired) electrons. The van der Waals surface area contributed by atoms with E-state index in [0.717, 1.165) is 38.5 Å². The van der Waals surface area contributed by atoms with Crippen molar-refractivity contribution in [3.05, 3.63) is 51.5 Å². The molecule has 9 heteroatoms. The second kappa shape index (κ2) is 9.21. The summed E-state index contributed by atoms with van der Waals surface area (Å²) in [4.78, 5) is 31.4. The number of carboxylic acid groups (broad SMARTS) is 1. The minimum absolute atomic E-state index is 0.00251. The summed E-state index contributed by atoms with van der Waals surface area (Å²) in [5, 5.41) is 10.3. The Labute approximate surface area is 194 Å². The number of halogens is 2. The highest BCUT2D eigenvalue weighted by atomic mass is 32.1. The molecule has 1 aliphatic rings. The Hall–Kier alpha value is -2.81. The van der Waals surface area contributed by atoms with Gasteiger partial charge in [-0.15, -0.1) is 11.3 Å². The van der Waals surface area contributed by atoms with Gasteiger partial charge in [0.2, 0.25) is 5.91 Å². The molecule has 0 aliphatic carbocycles. The van der Waals surface area contributed by atoms with Crippen LogP contribution in [-0.2, 0) is 29.1 Å². The van der Waals surface area contributed by atoms with E-state index in [2.05, 4.69) is 4.98 Å². The van der Waals surface area contributed by atoms with E-state index in [1.807, 2.05) is 21.6 Å². The van der Waals surface area contributed by atoms with Crippen LogP contribution in [0, 0.1) is 5.41 Å². The van der Waals surface area contributed by atoms with Gasteiger partial charge in [-0.2, -0.15) is 0 Å². The summed E-state index contributed by atoms with van der Waals surface area (Å²) in [5.74, 6) is -0.860. The molecule has 3 aromatic heterocycles. The first kappa shape index (κ1) is 23.4. The maximum atomic E-state index is 13.1. The zero-order valence-electron chi connectivity index (χ0n) is 18.7. The number of carbonyl (C=O) groups is 2. The number of pyridine rings is 1. The lowest BCUT2D eigenvalue weighted by Crippen LogP contribution is -2.36. The van der Waals surface area contributed by atoms with Crippen molar-refractivity contribution in [1.29, 1.82) is 0 Å². The molecule has 6 nitrogen and oxygen atoms in total. The molecule has 33 heavy (non-hydrogen) atoms. The van der Waals surface area contributed by atoms with Gasteiger partial charge in [-0.3, -0.25) is 9.59 Å². The highest BCUT2D eigenvalue weighted by Gasteiger charge is 2.29. The maximum Gasteiger partial charge on any atom is 0.309 e. The van der Waals surface area contributed by atoms with Crippen molar-refractivity contribution in [2.24, 2.45) is 5.41 Å². The topological polar surface area (TPSA) is 75.4 Å². The van der Waals surface area contributed by atoms with Gasteiger partial charge in [0.15, 0.2) is 0 Å². The van der Waals surface area contributed by atoms with Gasteiger partial charge in [-0.05, 0) is 62.9 Å². The Morgan fingerprint density at radius 3 is 2.76 bits per heavy atom. The molecule has 4 rings (SSSR count). The van der Waals surface area contributed by atoms with E-state index < -0.39 is 17.8 Å². The Bertz CT molecular complexity index is 1190. The van der Waals surface area contributed by atoms with Gasteiger partial charge in [0.05, 0.1) is 23.4 Å².